The summed E-state index contributed by atoms with van der Waals surface area (Å²) in [6.45, 7) is 9.66. The van der Waals surface area contributed by atoms with Crippen LogP contribution in [0.2, 0.25) is 0 Å². The molecule has 2 heterocycles. The second kappa shape index (κ2) is 7.40. The molecule has 1 fully saturated rings. The lowest BCUT2D eigenvalue weighted by Crippen LogP contribution is -2.43. The quantitative estimate of drug-likeness (QED) is 0.743. The minimum absolute atomic E-state index is 0.0327. The van der Waals surface area contributed by atoms with E-state index in [4.69, 9.17) is 5.11 Å². The third kappa shape index (κ3) is 3.96. The predicted octanol–water partition coefficient (Wildman–Crippen LogP) is 3.61. The first-order valence-electron chi connectivity index (χ1n) is 9.50. The average Bonchev–Trinajstić information content (AvgIpc) is 2.81. The predicted molar refractivity (Wildman–Crippen MR) is 111 cm³/mol. The van der Waals surface area contributed by atoms with Gasteiger partial charge in [-0.1, -0.05) is 32.9 Å². The van der Waals surface area contributed by atoms with Crippen LogP contribution in [-0.2, 0) is 16.8 Å². The fraction of sp³-hybridized carbons (Fsp3) is 0.381. The smallest absolute Gasteiger partial charge is 0.411 e. The van der Waals surface area contributed by atoms with Crippen molar-refractivity contribution < 1.29 is 19.5 Å². The van der Waals surface area contributed by atoms with Crippen LogP contribution < -0.4 is 10.2 Å². The number of rotatable bonds is 4. The van der Waals surface area contributed by atoms with Gasteiger partial charge in [-0.15, -0.1) is 0 Å². The van der Waals surface area contributed by atoms with Crippen LogP contribution in [-0.4, -0.2) is 43.5 Å². The number of urea groups is 1. The molecule has 0 saturated carbocycles. The van der Waals surface area contributed by atoms with Crippen LogP contribution in [0, 0.1) is 0 Å². The Morgan fingerprint density at radius 2 is 1.77 bits per heavy atom. The molecule has 0 aliphatic carbocycles. The number of nitrogens with zero attached hydrogens (tertiary/aromatic N) is 4. The first-order chi connectivity index (χ1) is 13.9. The Balaban J connectivity index is 1.88. The van der Waals surface area contributed by atoms with Crippen molar-refractivity contribution in [2.45, 2.75) is 52.1 Å². The third-order valence-corrected chi connectivity index (χ3v) is 5.07. The Bertz CT molecular complexity index is 995. The van der Waals surface area contributed by atoms with Crippen molar-refractivity contribution in [2.24, 2.45) is 0 Å². The summed E-state index contributed by atoms with van der Waals surface area (Å²) in [7, 11) is 0. The zero-order valence-corrected chi connectivity index (χ0v) is 17.6. The molecule has 0 radical (unpaired) electrons. The molecule has 1 aliphatic heterocycles. The Morgan fingerprint density at radius 3 is 2.33 bits per heavy atom. The number of carbonyl (C=O) groups excluding carboxylic acids is 2. The van der Waals surface area contributed by atoms with Gasteiger partial charge < -0.3 is 10.0 Å². The van der Waals surface area contributed by atoms with E-state index in [1.807, 2.05) is 12.1 Å². The summed E-state index contributed by atoms with van der Waals surface area (Å²) in [5.74, 6) is -0.431. The van der Waals surface area contributed by atoms with Gasteiger partial charge in [-0.2, -0.15) is 0 Å². The highest BCUT2D eigenvalue weighted by Crippen LogP contribution is 2.34. The number of anilines is 2. The second-order valence-electron chi connectivity index (χ2n) is 8.67. The van der Waals surface area contributed by atoms with Gasteiger partial charge in [0.15, 0.2) is 0 Å². The summed E-state index contributed by atoms with van der Waals surface area (Å²) < 4.78 is 0. The summed E-state index contributed by atoms with van der Waals surface area (Å²) in [6, 6.07) is 8.49. The van der Waals surface area contributed by atoms with Crippen molar-refractivity contribution in [3.8, 4) is 0 Å². The van der Waals surface area contributed by atoms with Crippen LogP contribution in [0.1, 0.15) is 45.9 Å². The molecule has 9 heteroatoms. The van der Waals surface area contributed by atoms with Crippen molar-refractivity contribution in [1.82, 2.24) is 14.9 Å². The number of carboxylic acid groups (broad SMARTS) is 1. The van der Waals surface area contributed by atoms with E-state index in [9.17, 15) is 14.4 Å². The van der Waals surface area contributed by atoms with E-state index in [0.717, 1.165) is 5.56 Å². The number of aromatic nitrogens is 2. The van der Waals surface area contributed by atoms with Crippen LogP contribution in [0.15, 0.2) is 36.5 Å². The van der Waals surface area contributed by atoms with Gasteiger partial charge in [-0.3, -0.25) is 10.1 Å². The molecule has 1 saturated heterocycles. The number of imide groups is 1. The number of amides is 4. The van der Waals surface area contributed by atoms with Crippen molar-refractivity contribution in [3.63, 3.8) is 0 Å². The number of hydrogen-bond donors (Lipinski definition) is 2. The molecule has 2 N–H and O–H groups in total. The monoisotopic (exact) mass is 411 g/mol. The van der Waals surface area contributed by atoms with E-state index >= 15 is 0 Å². The van der Waals surface area contributed by atoms with Crippen molar-refractivity contribution in [1.29, 1.82) is 0 Å². The largest absolute Gasteiger partial charge is 0.465 e. The zero-order valence-electron chi connectivity index (χ0n) is 17.6. The van der Waals surface area contributed by atoms with Gasteiger partial charge >= 0.3 is 12.1 Å². The fourth-order valence-corrected chi connectivity index (χ4v) is 3.24. The molecule has 0 bridgehead atoms. The van der Waals surface area contributed by atoms with Gasteiger partial charge in [0.25, 0.3) is 5.91 Å². The minimum Gasteiger partial charge on any atom is -0.465 e. The molecule has 1 aromatic heterocycles. The molecule has 30 heavy (non-hydrogen) atoms. The maximum Gasteiger partial charge on any atom is 0.411 e. The van der Waals surface area contributed by atoms with Crippen molar-refractivity contribution in [2.75, 3.05) is 10.2 Å². The van der Waals surface area contributed by atoms with E-state index in [1.54, 1.807) is 32.0 Å². The molecule has 3 rings (SSSR count). The van der Waals surface area contributed by atoms with Crippen LogP contribution in [0.3, 0.4) is 0 Å². The van der Waals surface area contributed by atoms with E-state index in [-0.39, 0.29) is 23.8 Å². The number of hydrogen-bond acceptors (Lipinski definition) is 5. The lowest BCUT2D eigenvalue weighted by molar-refractivity contribution is -0.123. The van der Waals surface area contributed by atoms with Gasteiger partial charge in [-0.25, -0.2) is 24.5 Å². The summed E-state index contributed by atoms with van der Waals surface area (Å²) in [6.07, 6.45) is 0.108. The number of benzene rings is 1. The minimum atomic E-state index is -1.29. The Kier molecular flexibility index (Phi) is 5.23. The highest BCUT2D eigenvalue weighted by Gasteiger charge is 2.51. The van der Waals surface area contributed by atoms with Crippen LogP contribution >= 0.6 is 0 Å². The molecular weight excluding hydrogens is 386 g/mol. The Morgan fingerprint density at radius 1 is 1.13 bits per heavy atom. The standard InChI is InChI=1S/C21H25N5O4/c1-20(2,3)13-6-8-15(9-7-13)26-16(27)21(4,5)25(19(26)30)12-14-10-11-22-17(23-14)24-18(28)29/h6-11H,12H2,1-5H3,(H,28,29)(H,22,23,24). The maximum absolute atomic E-state index is 13.2. The highest BCUT2D eigenvalue weighted by molar-refractivity contribution is 6.22. The molecule has 1 aliphatic rings. The van der Waals surface area contributed by atoms with E-state index < -0.39 is 17.7 Å². The van der Waals surface area contributed by atoms with Crippen LogP contribution in [0.4, 0.5) is 21.2 Å². The Hall–Kier alpha value is -3.49. The topological polar surface area (TPSA) is 116 Å². The van der Waals surface area contributed by atoms with Crippen LogP contribution in [0.25, 0.3) is 0 Å². The Labute approximate surface area is 174 Å². The van der Waals surface area contributed by atoms with E-state index in [2.05, 4.69) is 36.1 Å². The fourth-order valence-electron chi connectivity index (χ4n) is 3.24. The summed E-state index contributed by atoms with van der Waals surface area (Å²) in [5.41, 5.74) is 0.876. The highest BCUT2D eigenvalue weighted by atomic mass is 16.4. The zero-order chi connectivity index (χ0) is 22.3. The molecule has 1 aromatic carbocycles. The molecule has 158 valence electrons. The van der Waals surface area contributed by atoms with E-state index in [1.165, 1.54) is 16.0 Å². The lowest BCUT2D eigenvalue weighted by Gasteiger charge is -2.27. The lowest BCUT2D eigenvalue weighted by atomic mass is 9.87. The SMILES string of the molecule is CC(C)(C)c1ccc(N2C(=O)N(Cc3ccnc(NC(=O)O)n3)C(C)(C)C2=O)cc1. The number of carbonyl (C=O) groups is 3. The van der Waals surface area contributed by atoms with Crippen molar-refractivity contribution >= 4 is 29.7 Å². The molecular formula is C21H25N5O4. The molecule has 0 atom stereocenters. The summed E-state index contributed by atoms with van der Waals surface area (Å²) in [4.78, 5) is 47.6. The molecule has 4 amide bonds. The second-order valence-corrected chi connectivity index (χ2v) is 8.67. The summed E-state index contributed by atoms with van der Waals surface area (Å²) >= 11 is 0. The first-order valence-corrected chi connectivity index (χ1v) is 9.50. The van der Waals surface area contributed by atoms with Crippen molar-refractivity contribution in [3.05, 3.63) is 47.8 Å². The van der Waals surface area contributed by atoms with Gasteiger partial charge in [0.05, 0.1) is 17.9 Å². The maximum atomic E-state index is 13.2. The average molecular weight is 411 g/mol. The normalized spacial score (nSPS) is 16.2. The molecule has 9 nitrogen and oxygen atoms in total. The number of nitrogens with one attached hydrogen (secondary N) is 1. The van der Waals surface area contributed by atoms with Gasteiger partial charge in [-0.05, 0) is 43.0 Å². The summed E-state index contributed by atoms with van der Waals surface area (Å²) in [5, 5.41) is 10.9. The van der Waals surface area contributed by atoms with E-state index in [0.29, 0.717) is 11.4 Å². The van der Waals surface area contributed by atoms with Gasteiger partial charge in [0, 0.05) is 6.20 Å². The first kappa shape index (κ1) is 21.2. The molecule has 2 aromatic rings. The third-order valence-electron chi connectivity index (χ3n) is 5.07. The van der Waals surface area contributed by atoms with Gasteiger partial charge in [0.2, 0.25) is 5.95 Å². The molecule has 0 unspecified atom stereocenters. The van der Waals surface area contributed by atoms with Crippen LogP contribution in [0.5, 0.6) is 0 Å². The molecule has 0 spiro atoms. The van der Waals surface area contributed by atoms with Gasteiger partial charge in [0.1, 0.15) is 5.54 Å².